The minimum atomic E-state index is -4.20. The summed E-state index contributed by atoms with van der Waals surface area (Å²) in [5, 5.41) is 0. The Balaban J connectivity index is 2.41. The lowest BCUT2D eigenvalue weighted by Crippen LogP contribution is -2.11. The van der Waals surface area contributed by atoms with Crippen molar-refractivity contribution in [3.8, 4) is 5.75 Å². The van der Waals surface area contributed by atoms with Gasteiger partial charge in [-0.2, -0.15) is 8.42 Å². The Bertz CT molecular complexity index is 755. The second kappa shape index (κ2) is 5.20. The fourth-order valence-corrected chi connectivity index (χ4v) is 2.61. The summed E-state index contributed by atoms with van der Waals surface area (Å²) >= 11 is 0. The van der Waals surface area contributed by atoms with Crippen LogP contribution in [0.2, 0.25) is 0 Å². The van der Waals surface area contributed by atoms with Crippen LogP contribution in [0.25, 0.3) is 0 Å². The molecule has 0 N–H and O–H groups in total. The molecular formula is C14H12F2O3S. The van der Waals surface area contributed by atoms with Gasteiger partial charge in [-0.3, -0.25) is 0 Å². The molecule has 0 atom stereocenters. The van der Waals surface area contributed by atoms with E-state index in [9.17, 15) is 17.2 Å². The fraction of sp³-hybridized carbons (Fsp3) is 0.143. The normalized spacial score (nSPS) is 11.4. The van der Waals surface area contributed by atoms with E-state index in [2.05, 4.69) is 0 Å². The number of aryl methyl sites for hydroxylation is 1. The van der Waals surface area contributed by atoms with Crippen molar-refractivity contribution in [3.63, 3.8) is 0 Å². The van der Waals surface area contributed by atoms with E-state index in [1.165, 1.54) is 6.07 Å². The van der Waals surface area contributed by atoms with Crippen LogP contribution in [0.15, 0.2) is 41.3 Å². The van der Waals surface area contributed by atoms with Crippen molar-refractivity contribution in [1.29, 1.82) is 0 Å². The summed E-state index contributed by atoms with van der Waals surface area (Å²) in [5.41, 5.74) is 1.53. The second-order valence-corrected chi connectivity index (χ2v) is 5.86. The maximum atomic E-state index is 13.1. The predicted molar refractivity (Wildman–Crippen MR) is 70.1 cm³/mol. The van der Waals surface area contributed by atoms with Crippen LogP contribution in [0.3, 0.4) is 0 Å². The van der Waals surface area contributed by atoms with Crippen LogP contribution in [0.5, 0.6) is 5.75 Å². The van der Waals surface area contributed by atoms with Crippen LogP contribution in [0.1, 0.15) is 11.1 Å². The second-order valence-electron chi connectivity index (χ2n) is 4.31. The lowest BCUT2D eigenvalue weighted by molar-refractivity contribution is 0.478. The van der Waals surface area contributed by atoms with E-state index < -0.39 is 26.6 Å². The number of hydrogen-bond acceptors (Lipinski definition) is 3. The van der Waals surface area contributed by atoms with Gasteiger partial charge >= 0.3 is 10.1 Å². The minimum Gasteiger partial charge on any atom is -0.379 e. The van der Waals surface area contributed by atoms with E-state index in [0.29, 0.717) is 11.6 Å². The number of halogens is 2. The summed E-state index contributed by atoms with van der Waals surface area (Å²) in [5.74, 6) is -2.19. The Kier molecular flexibility index (Phi) is 3.76. The number of rotatable bonds is 3. The molecular weight excluding hydrogens is 286 g/mol. The monoisotopic (exact) mass is 298 g/mol. The summed E-state index contributed by atoms with van der Waals surface area (Å²) in [7, 11) is -4.20. The molecule has 0 saturated heterocycles. The zero-order chi connectivity index (χ0) is 14.9. The highest BCUT2D eigenvalue weighted by atomic mass is 32.2. The molecule has 0 aliphatic carbocycles. The summed E-state index contributed by atoms with van der Waals surface area (Å²) in [6.07, 6.45) is 0. The molecule has 0 fully saturated rings. The van der Waals surface area contributed by atoms with Gasteiger partial charge in [0.15, 0.2) is 11.6 Å². The van der Waals surface area contributed by atoms with E-state index in [4.69, 9.17) is 4.18 Å². The number of benzene rings is 2. The van der Waals surface area contributed by atoms with Crippen molar-refractivity contribution in [2.45, 2.75) is 18.7 Å². The predicted octanol–water partition coefficient (Wildman–Crippen LogP) is 3.35. The van der Waals surface area contributed by atoms with Gasteiger partial charge in [-0.25, -0.2) is 8.78 Å². The van der Waals surface area contributed by atoms with Crippen LogP contribution in [0, 0.1) is 25.5 Å². The standard InChI is InChI=1S/C14H12F2O3S/c1-9-4-3-5-14(10(9)2)19-20(17,18)11-6-7-12(15)13(16)8-11/h3-8H,1-2H3. The van der Waals surface area contributed by atoms with E-state index in [0.717, 1.165) is 17.7 Å². The molecule has 0 bridgehead atoms. The third-order valence-electron chi connectivity index (χ3n) is 2.93. The summed E-state index contributed by atoms with van der Waals surface area (Å²) < 4.78 is 54.9. The third-order valence-corrected chi connectivity index (χ3v) is 4.16. The molecule has 0 amide bonds. The van der Waals surface area contributed by atoms with Gasteiger partial charge in [-0.15, -0.1) is 0 Å². The van der Waals surface area contributed by atoms with Crippen molar-refractivity contribution in [3.05, 3.63) is 59.2 Å². The Morgan fingerprint density at radius 1 is 1.00 bits per heavy atom. The van der Waals surface area contributed by atoms with Gasteiger partial charge in [0.1, 0.15) is 10.6 Å². The van der Waals surface area contributed by atoms with Crippen LogP contribution in [-0.2, 0) is 10.1 Å². The molecule has 0 heterocycles. The molecule has 0 aromatic heterocycles. The quantitative estimate of drug-likeness (QED) is 0.816. The first kappa shape index (κ1) is 14.5. The van der Waals surface area contributed by atoms with Gasteiger partial charge in [0.25, 0.3) is 0 Å². The van der Waals surface area contributed by atoms with E-state index >= 15 is 0 Å². The zero-order valence-electron chi connectivity index (χ0n) is 10.9. The van der Waals surface area contributed by atoms with Crippen LogP contribution in [-0.4, -0.2) is 8.42 Å². The molecule has 0 unspecified atom stereocenters. The van der Waals surface area contributed by atoms with Crippen LogP contribution >= 0.6 is 0 Å². The van der Waals surface area contributed by atoms with Gasteiger partial charge in [-0.1, -0.05) is 12.1 Å². The van der Waals surface area contributed by atoms with Crippen molar-refractivity contribution >= 4 is 10.1 Å². The lowest BCUT2D eigenvalue weighted by Gasteiger charge is -2.11. The van der Waals surface area contributed by atoms with E-state index in [1.54, 1.807) is 13.0 Å². The average molecular weight is 298 g/mol. The Hall–Kier alpha value is -1.95. The first-order valence-corrected chi connectivity index (χ1v) is 7.18. The molecule has 20 heavy (non-hydrogen) atoms. The Morgan fingerprint density at radius 3 is 2.35 bits per heavy atom. The highest BCUT2D eigenvalue weighted by Crippen LogP contribution is 2.25. The smallest absolute Gasteiger partial charge is 0.339 e. The SMILES string of the molecule is Cc1cccc(OS(=O)(=O)c2ccc(F)c(F)c2)c1C. The summed E-state index contributed by atoms with van der Waals surface area (Å²) in [4.78, 5) is -0.433. The Morgan fingerprint density at radius 2 is 1.70 bits per heavy atom. The fourth-order valence-electron chi connectivity index (χ4n) is 1.61. The van der Waals surface area contributed by atoms with E-state index in [-0.39, 0.29) is 5.75 Å². The topological polar surface area (TPSA) is 43.4 Å². The van der Waals surface area contributed by atoms with Crippen molar-refractivity contribution in [1.82, 2.24) is 0 Å². The molecule has 2 aromatic carbocycles. The van der Waals surface area contributed by atoms with Gasteiger partial charge in [-0.05, 0) is 49.2 Å². The molecule has 106 valence electrons. The van der Waals surface area contributed by atoms with Gasteiger partial charge in [0, 0.05) is 0 Å². The highest BCUT2D eigenvalue weighted by molar-refractivity contribution is 7.87. The molecule has 0 aliphatic rings. The minimum absolute atomic E-state index is 0.162. The first-order chi connectivity index (χ1) is 9.31. The largest absolute Gasteiger partial charge is 0.379 e. The number of hydrogen-bond donors (Lipinski definition) is 0. The van der Waals surface area contributed by atoms with Gasteiger partial charge in [0.2, 0.25) is 0 Å². The van der Waals surface area contributed by atoms with Crippen molar-refractivity contribution in [2.75, 3.05) is 0 Å². The molecule has 0 spiro atoms. The molecule has 0 aliphatic heterocycles. The molecule has 2 aromatic rings. The van der Waals surface area contributed by atoms with Crippen molar-refractivity contribution in [2.24, 2.45) is 0 Å². The Labute approximate surface area is 115 Å². The van der Waals surface area contributed by atoms with Crippen molar-refractivity contribution < 1.29 is 21.4 Å². The van der Waals surface area contributed by atoms with E-state index in [1.807, 2.05) is 13.0 Å². The molecule has 0 radical (unpaired) electrons. The molecule has 0 saturated carbocycles. The molecule has 2 rings (SSSR count). The highest BCUT2D eigenvalue weighted by Gasteiger charge is 2.20. The maximum absolute atomic E-state index is 13.1. The van der Waals surface area contributed by atoms with Crippen LogP contribution in [0.4, 0.5) is 8.78 Å². The zero-order valence-corrected chi connectivity index (χ0v) is 11.7. The molecule has 3 nitrogen and oxygen atoms in total. The third kappa shape index (κ3) is 2.80. The summed E-state index contributed by atoms with van der Waals surface area (Å²) in [6, 6.07) is 7.26. The van der Waals surface area contributed by atoms with Gasteiger partial charge < -0.3 is 4.18 Å². The average Bonchev–Trinajstić information content (AvgIpc) is 2.38. The molecule has 6 heteroatoms. The van der Waals surface area contributed by atoms with Gasteiger partial charge in [0.05, 0.1) is 0 Å². The maximum Gasteiger partial charge on any atom is 0.339 e. The van der Waals surface area contributed by atoms with Crippen LogP contribution < -0.4 is 4.18 Å². The lowest BCUT2D eigenvalue weighted by atomic mass is 10.1. The first-order valence-electron chi connectivity index (χ1n) is 5.77. The summed E-state index contributed by atoms with van der Waals surface area (Å²) in [6.45, 7) is 3.53.